The van der Waals surface area contributed by atoms with Gasteiger partial charge in [-0.1, -0.05) is 6.92 Å². The molecule has 5 nitrogen and oxygen atoms in total. The minimum atomic E-state index is -0.708. The molecule has 0 saturated carbocycles. The number of nitrogens with zero attached hydrogens (tertiary/aromatic N) is 3. The Kier molecular flexibility index (Phi) is 3.47. The summed E-state index contributed by atoms with van der Waals surface area (Å²) >= 11 is 0. The van der Waals surface area contributed by atoms with Crippen LogP contribution in [-0.2, 0) is 24.8 Å². The second kappa shape index (κ2) is 4.87. The molecule has 1 aromatic rings. The summed E-state index contributed by atoms with van der Waals surface area (Å²) in [6.07, 6.45) is 2.64. The van der Waals surface area contributed by atoms with Crippen molar-refractivity contribution < 1.29 is 9.90 Å². The van der Waals surface area contributed by atoms with E-state index >= 15 is 0 Å². The number of aromatic nitrogens is 2. The topological polar surface area (TPSA) is 58.4 Å². The van der Waals surface area contributed by atoms with Crippen LogP contribution in [0.1, 0.15) is 31.2 Å². The first-order valence-corrected chi connectivity index (χ1v) is 6.10. The highest BCUT2D eigenvalue weighted by Gasteiger charge is 2.30. The van der Waals surface area contributed by atoms with Crippen molar-refractivity contribution in [3.63, 3.8) is 0 Å². The van der Waals surface area contributed by atoms with Crippen molar-refractivity contribution in [2.24, 2.45) is 7.05 Å². The van der Waals surface area contributed by atoms with Gasteiger partial charge in [0.25, 0.3) is 0 Å². The Balaban J connectivity index is 2.09. The number of carbonyl (C=O) groups is 1. The third-order valence-electron chi connectivity index (χ3n) is 3.40. The number of likely N-dealkylation sites (tertiary alicyclic amines) is 1. The van der Waals surface area contributed by atoms with Crippen LogP contribution in [0.15, 0.2) is 6.07 Å². The van der Waals surface area contributed by atoms with Crippen molar-refractivity contribution in [2.45, 2.75) is 38.8 Å². The highest BCUT2D eigenvalue weighted by molar-refractivity contribution is 5.73. The molecule has 1 atom stereocenters. The van der Waals surface area contributed by atoms with E-state index < -0.39 is 5.97 Å². The molecule has 1 unspecified atom stereocenters. The highest BCUT2D eigenvalue weighted by atomic mass is 16.4. The van der Waals surface area contributed by atoms with E-state index in [0.29, 0.717) is 6.54 Å². The summed E-state index contributed by atoms with van der Waals surface area (Å²) in [5, 5.41) is 13.5. The maximum Gasteiger partial charge on any atom is 0.320 e. The Morgan fingerprint density at radius 2 is 2.41 bits per heavy atom. The van der Waals surface area contributed by atoms with Crippen molar-refractivity contribution in [1.29, 1.82) is 0 Å². The molecule has 1 fully saturated rings. The lowest BCUT2D eigenvalue weighted by Crippen LogP contribution is -2.35. The lowest BCUT2D eigenvalue weighted by molar-refractivity contribution is -0.142. The summed E-state index contributed by atoms with van der Waals surface area (Å²) in [5.41, 5.74) is 2.16. The van der Waals surface area contributed by atoms with E-state index in [1.807, 2.05) is 16.6 Å². The van der Waals surface area contributed by atoms with Crippen LogP contribution in [0.2, 0.25) is 0 Å². The molecule has 0 amide bonds. The Morgan fingerprint density at radius 3 is 3.00 bits per heavy atom. The van der Waals surface area contributed by atoms with Crippen molar-refractivity contribution in [3.8, 4) is 0 Å². The van der Waals surface area contributed by atoms with Gasteiger partial charge in [0, 0.05) is 13.6 Å². The van der Waals surface area contributed by atoms with Crippen LogP contribution in [0.25, 0.3) is 0 Å². The molecular formula is C12H19N3O2. The molecule has 1 aliphatic rings. The van der Waals surface area contributed by atoms with Crippen molar-refractivity contribution in [3.05, 3.63) is 17.5 Å². The zero-order valence-electron chi connectivity index (χ0n) is 10.4. The van der Waals surface area contributed by atoms with Gasteiger partial charge in [-0.2, -0.15) is 5.10 Å². The normalized spacial score (nSPS) is 20.9. The van der Waals surface area contributed by atoms with Gasteiger partial charge >= 0.3 is 5.97 Å². The summed E-state index contributed by atoms with van der Waals surface area (Å²) in [6, 6.07) is 1.74. The predicted molar refractivity (Wildman–Crippen MR) is 63.7 cm³/mol. The van der Waals surface area contributed by atoms with Gasteiger partial charge in [0.2, 0.25) is 0 Å². The zero-order valence-corrected chi connectivity index (χ0v) is 10.4. The molecule has 2 heterocycles. The summed E-state index contributed by atoms with van der Waals surface area (Å²) in [4.78, 5) is 13.1. The van der Waals surface area contributed by atoms with Crippen LogP contribution in [0.3, 0.4) is 0 Å². The second-order valence-corrected chi connectivity index (χ2v) is 4.57. The molecule has 5 heteroatoms. The SMILES string of the molecule is CCc1cc(CN2CCCC2C(=O)O)n(C)n1. The number of carboxylic acid groups (broad SMARTS) is 1. The van der Waals surface area contributed by atoms with E-state index in [1.54, 1.807) is 0 Å². The fourth-order valence-corrected chi connectivity index (χ4v) is 2.40. The molecule has 2 rings (SSSR count). The van der Waals surface area contributed by atoms with Crippen LogP contribution in [0.4, 0.5) is 0 Å². The van der Waals surface area contributed by atoms with E-state index in [9.17, 15) is 4.79 Å². The summed E-state index contributed by atoms with van der Waals surface area (Å²) < 4.78 is 1.86. The average molecular weight is 237 g/mol. The average Bonchev–Trinajstić information content (AvgIpc) is 2.87. The molecular weight excluding hydrogens is 218 g/mol. The van der Waals surface area contributed by atoms with Crippen molar-refractivity contribution in [2.75, 3.05) is 6.54 Å². The Labute approximate surface area is 101 Å². The Morgan fingerprint density at radius 1 is 1.65 bits per heavy atom. The van der Waals surface area contributed by atoms with Gasteiger partial charge < -0.3 is 5.11 Å². The fourth-order valence-electron chi connectivity index (χ4n) is 2.40. The van der Waals surface area contributed by atoms with Crippen LogP contribution in [0, 0.1) is 0 Å². The molecule has 0 aromatic carbocycles. The van der Waals surface area contributed by atoms with E-state index in [-0.39, 0.29) is 6.04 Å². The highest BCUT2D eigenvalue weighted by Crippen LogP contribution is 2.20. The van der Waals surface area contributed by atoms with Crippen LogP contribution in [0.5, 0.6) is 0 Å². The first kappa shape index (κ1) is 12.1. The third-order valence-corrected chi connectivity index (χ3v) is 3.40. The Hall–Kier alpha value is -1.36. The lowest BCUT2D eigenvalue weighted by Gasteiger charge is -2.20. The van der Waals surface area contributed by atoms with E-state index in [0.717, 1.165) is 37.2 Å². The number of hydrogen-bond acceptors (Lipinski definition) is 3. The number of carboxylic acids is 1. The van der Waals surface area contributed by atoms with Gasteiger partial charge in [-0.05, 0) is 31.9 Å². The molecule has 17 heavy (non-hydrogen) atoms. The maximum atomic E-state index is 11.1. The smallest absolute Gasteiger partial charge is 0.320 e. The standard InChI is InChI=1S/C12H19N3O2/c1-3-9-7-10(14(2)13-9)8-15-6-4-5-11(15)12(16)17/h7,11H,3-6,8H2,1-2H3,(H,16,17). The van der Waals surface area contributed by atoms with Crippen molar-refractivity contribution in [1.82, 2.24) is 14.7 Å². The zero-order chi connectivity index (χ0) is 12.4. The summed E-state index contributed by atoms with van der Waals surface area (Å²) in [7, 11) is 1.92. The largest absolute Gasteiger partial charge is 0.480 e. The number of hydrogen-bond donors (Lipinski definition) is 1. The van der Waals surface area contributed by atoms with E-state index in [4.69, 9.17) is 5.11 Å². The number of aliphatic carboxylic acids is 1. The first-order chi connectivity index (χ1) is 8.11. The number of aryl methyl sites for hydroxylation is 2. The fraction of sp³-hybridized carbons (Fsp3) is 0.667. The van der Waals surface area contributed by atoms with Crippen LogP contribution >= 0.6 is 0 Å². The summed E-state index contributed by atoms with van der Waals surface area (Å²) in [5.74, 6) is -0.708. The van der Waals surface area contributed by atoms with E-state index in [2.05, 4.69) is 18.1 Å². The first-order valence-electron chi connectivity index (χ1n) is 6.10. The molecule has 1 saturated heterocycles. The van der Waals surface area contributed by atoms with Gasteiger partial charge in [-0.25, -0.2) is 0 Å². The predicted octanol–water partition coefficient (Wildman–Crippen LogP) is 1.03. The van der Waals surface area contributed by atoms with Crippen LogP contribution < -0.4 is 0 Å². The molecule has 0 aliphatic carbocycles. The molecule has 1 aliphatic heterocycles. The van der Waals surface area contributed by atoms with Gasteiger partial charge in [0.15, 0.2) is 0 Å². The monoisotopic (exact) mass is 237 g/mol. The molecule has 1 aromatic heterocycles. The second-order valence-electron chi connectivity index (χ2n) is 4.57. The van der Waals surface area contributed by atoms with Crippen LogP contribution in [-0.4, -0.2) is 38.3 Å². The lowest BCUT2D eigenvalue weighted by atomic mass is 10.2. The molecule has 94 valence electrons. The molecule has 0 bridgehead atoms. The molecule has 0 spiro atoms. The maximum absolute atomic E-state index is 11.1. The third kappa shape index (κ3) is 2.49. The summed E-state index contributed by atoms with van der Waals surface area (Å²) in [6.45, 7) is 3.62. The van der Waals surface area contributed by atoms with Gasteiger partial charge in [0.05, 0.1) is 11.4 Å². The van der Waals surface area contributed by atoms with Gasteiger partial charge in [-0.3, -0.25) is 14.4 Å². The minimum absolute atomic E-state index is 0.324. The minimum Gasteiger partial charge on any atom is -0.480 e. The van der Waals surface area contributed by atoms with Gasteiger partial charge in [-0.15, -0.1) is 0 Å². The molecule has 0 radical (unpaired) electrons. The van der Waals surface area contributed by atoms with Gasteiger partial charge in [0.1, 0.15) is 6.04 Å². The van der Waals surface area contributed by atoms with Crippen molar-refractivity contribution >= 4 is 5.97 Å². The Bertz CT molecular complexity index is 414. The number of rotatable bonds is 4. The quantitative estimate of drug-likeness (QED) is 0.849. The molecule has 1 N–H and O–H groups in total. The van der Waals surface area contributed by atoms with E-state index in [1.165, 1.54) is 0 Å².